The number of aryl methyl sites for hydroxylation is 5. The molecular formula is C20H22N2Ru+. The van der Waals surface area contributed by atoms with Crippen LogP contribution in [-0.4, -0.2) is 9.13 Å². The summed E-state index contributed by atoms with van der Waals surface area (Å²) in [5, 5.41) is 0. The van der Waals surface area contributed by atoms with Gasteiger partial charge in [0.15, 0.2) is 0 Å². The molecule has 0 saturated heterocycles. The molecule has 0 N–H and O–H groups in total. The Hall–Kier alpha value is -1.73. The number of hydrogen-bond donors (Lipinski definition) is 0. The molecule has 23 heavy (non-hydrogen) atoms. The predicted octanol–water partition coefficient (Wildman–Crippen LogP) is 4.89. The van der Waals surface area contributed by atoms with Crippen molar-refractivity contribution in [2.24, 2.45) is 0 Å². The van der Waals surface area contributed by atoms with Gasteiger partial charge in [0.05, 0.1) is 0 Å². The van der Waals surface area contributed by atoms with Crippen molar-refractivity contribution in [2.45, 2.75) is 34.6 Å². The van der Waals surface area contributed by atoms with Gasteiger partial charge in [0.1, 0.15) is 0 Å². The summed E-state index contributed by atoms with van der Waals surface area (Å²) in [6, 6.07) is 11.1. The van der Waals surface area contributed by atoms with Crippen molar-refractivity contribution < 1.29 is 17.9 Å². The van der Waals surface area contributed by atoms with Gasteiger partial charge in [-0.3, -0.25) is 0 Å². The van der Waals surface area contributed by atoms with E-state index < -0.39 is 0 Å². The van der Waals surface area contributed by atoms with Crippen LogP contribution in [0.3, 0.4) is 0 Å². The first-order chi connectivity index (χ1) is 10.9. The van der Waals surface area contributed by atoms with Crippen LogP contribution in [0.1, 0.15) is 27.8 Å². The maximum atomic E-state index is 2.78. The first-order valence-corrected chi connectivity index (χ1v) is 8.68. The first-order valence-electron chi connectivity index (χ1n) is 7.81. The maximum absolute atomic E-state index is 2.78. The van der Waals surface area contributed by atoms with Crippen molar-refractivity contribution in [3.05, 3.63) is 74.6 Å². The third-order valence-corrected chi connectivity index (χ3v) is 5.08. The van der Waals surface area contributed by atoms with Crippen molar-refractivity contribution in [1.29, 1.82) is 0 Å². The summed E-state index contributed by atoms with van der Waals surface area (Å²) in [5.41, 5.74) is 9.00. The monoisotopic (exact) mass is 392 g/mol. The van der Waals surface area contributed by atoms with Crippen LogP contribution in [0.4, 0.5) is 0 Å². The van der Waals surface area contributed by atoms with Gasteiger partial charge >= 0.3 is 148 Å². The zero-order valence-corrected chi connectivity index (χ0v) is 16.0. The van der Waals surface area contributed by atoms with Crippen LogP contribution < -0.4 is 0 Å². The molecule has 0 amide bonds. The van der Waals surface area contributed by atoms with E-state index in [-0.39, 0.29) is 0 Å². The van der Waals surface area contributed by atoms with Crippen LogP contribution >= 0.6 is 0 Å². The molecule has 0 saturated carbocycles. The Balaban J connectivity index is 2.20. The average Bonchev–Trinajstić information content (AvgIpc) is 2.80. The van der Waals surface area contributed by atoms with E-state index in [4.69, 9.17) is 0 Å². The molecule has 0 aliphatic heterocycles. The molecule has 0 fully saturated rings. The van der Waals surface area contributed by atoms with Gasteiger partial charge in [-0.15, -0.1) is 0 Å². The van der Waals surface area contributed by atoms with Gasteiger partial charge in [0.2, 0.25) is 0 Å². The van der Waals surface area contributed by atoms with E-state index in [1.165, 1.54) is 39.2 Å². The normalized spacial score (nSPS) is 11.0. The summed E-state index contributed by atoms with van der Waals surface area (Å²) in [4.78, 5) is 0. The fourth-order valence-corrected chi connectivity index (χ4v) is 4.00. The number of nitrogens with zero attached hydrogens (tertiary/aromatic N) is 2. The molecule has 0 unspecified atom stereocenters. The van der Waals surface area contributed by atoms with E-state index in [1.807, 2.05) is 0 Å². The van der Waals surface area contributed by atoms with E-state index in [2.05, 4.69) is 104 Å². The Labute approximate surface area is 147 Å². The summed E-state index contributed by atoms with van der Waals surface area (Å²) >= 11 is 2.78. The average molecular weight is 391 g/mol. The van der Waals surface area contributed by atoms with Crippen LogP contribution in [0.2, 0.25) is 0 Å². The molecule has 1 heterocycles. The molecule has 0 radical (unpaired) electrons. The number of benzene rings is 2. The number of rotatable bonds is 2. The predicted molar refractivity (Wildman–Crippen MR) is 92.0 cm³/mol. The van der Waals surface area contributed by atoms with Gasteiger partial charge in [0.25, 0.3) is 0 Å². The van der Waals surface area contributed by atoms with Crippen LogP contribution in [-0.2, 0) is 17.9 Å². The second kappa shape index (κ2) is 6.05. The number of hydrogen-bond acceptors (Lipinski definition) is 0. The SMILES string of the molecule is Cc1ccc(-n2ccn(-c3c(C)cc(C)cc3C)[c]2=[Ru+])c(C)c1. The van der Waals surface area contributed by atoms with Crippen LogP contribution in [0, 0.1) is 38.6 Å². The topological polar surface area (TPSA) is 9.86 Å². The fraction of sp³-hybridized carbons (Fsp3) is 0.250. The quantitative estimate of drug-likeness (QED) is 0.551. The minimum atomic E-state index is 1.14. The summed E-state index contributed by atoms with van der Waals surface area (Å²) in [5.74, 6) is 0. The van der Waals surface area contributed by atoms with Gasteiger partial charge in [-0.05, 0) is 0 Å². The molecule has 3 heteroatoms. The zero-order chi connectivity index (χ0) is 16.7. The molecule has 2 aromatic carbocycles. The minimum absolute atomic E-state index is 1.14. The zero-order valence-electron chi connectivity index (χ0n) is 14.3. The van der Waals surface area contributed by atoms with Crippen molar-refractivity contribution in [3.63, 3.8) is 0 Å². The Morgan fingerprint density at radius 3 is 1.87 bits per heavy atom. The molecule has 0 bridgehead atoms. The fourth-order valence-electron chi connectivity index (χ4n) is 3.34. The Bertz CT molecular complexity index is 922. The molecular weight excluding hydrogens is 369 g/mol. The van der Waals surface area contributed by atoms with Crippen molar-refractivity contribution in [1.82, 2.24) is 9.13 Å². The van der Waals surface area contributed by atoms with Crippen molar-refractivity contribution in [3.8, 4) is 11.4 Å². The Morgan fingerprint density at radius 2 is 1.26 bits per heavy atom. The Morgan fingerprint density at radius 1 is 0.696 bits per heavy atom. The van der Waals surface area contributed by atoms with Gasteiger partial charge in [-0.1, -0.05) is 0 Å². The molecule has 0 spiro atoms. The summed E-state index contributed by atoms with van der Waals surface area (Å²) in [6.45, 7) is 10.8. The Kier molecular flexibility index (Phi) is 4.25. The van der Waals surface area contributed by atoms with Crippen LogP contribution in [0.5, 0.6) is 0 Å². The van der Waals surface area contributed by atoms with Crippen LogP contribution in [0.15, 0.2) is 42.7 Å². The summed E-state index contributed by atoms with van der Waals surface area (Å²) < 4.78 is 5.65. The third-order valence-electron chi connectivity index (χ3n) is 4.24. The van der Waals surface area contributed by atoms with Crippen LogP contribution in [0.25, 0.3) is 11.4 Å². The summed E-state index contributed by atoms with van der Waals surface area (Å²) in [7, 11) is 0. The second-order valence-electron chi connectivity index (χ2n) is 6.33. The number of imidazole rings is 1. The van der Waals surface area contributed by atoms with Gasteiger partial charge < -0.3 is 0 Å². The molecule has 0 aliphatic carbocycles. The van der Waals surface area contributed by atoms with Gasteiger partial charge in [-0.2, -0.15) is 0 Å². The summed E-state index contributed by atoms with van der Waals surface area (Å²) in [6.07, 6.45) is 4.29. The van der Waals surface area contributed by atoms with Gasteiger partial charge in [0, 0.05) is 0 Å². The standard InChI is InChI=1S/C20H22N2.Ru/c1-14-6-7-19(16(3)10-14)21-8-9-22(13-21)20-17(4)11-15(2)12-18(20)5;/h6-12H,1-5H3;/q;+1. The molecule has 119 valence electrons. The van der Waals surface area contributed by atoms with E-state index in [1.54, 1.807) is 0 Å². The molecule has 0 aliphatic rings. The van der Waals surface area contributed by atoms with E-state index in [0.29, 0.717) is 0 Å². The van der Waals surface area contributed by atoms with Crippen molar-refractivity contribution >= 4 is 0 Å². The first kappa shape index (κ1) is 16.1. The van der Waals surface area contributed by atoms with E-state index in [9.17, 15) is 0 Å². The molecule has 3 rings (SSSR count). The molecule has 0 atom stereocenters. The molecule has 2 nitrogen and oxygen atoms in total. The molecule has 1 aromatic heterocycles. The number of aromatic nitrogens is 2. The second-order valence-corrected chi connectivity index (χ2v) is 7.11. The molecule has 3 aromatic rings. The van der Waals surface area contributed by atoms with Crippen molar-refractivity contribution in [2.75, 3.05) is 0 Å². The van der Waals surface area contributed by atoms with Gasteiger partial charge in [-0.25, -0.2) is 0 Å². The van der Waals surface area contributed by atoms with E-state index >= 15 is 0 Å². The third kappa shape index (κ3) is 2.91. The van der Waals surface area contributed by atoms with E-state index in [0.717, 1.165) is 4.01 Å².